The zero-order valence-electron chi connectivity index (χ0n) is 9.88. The van der Waals surface area contributed by atoms with Crippen LogP contribution in [0.3, 0.4) is 0 Å². The summed E-state index contributed by atoms with van der Waals surface area (Å²) < 4.78 is 5.24. The van der Waals surface area contributed by atoms with E-state index < -0.39 is 0 Å². The molecule has 0 aromatic carbocycles. The van der Waals surface area contributed by atoms with Crippen LogP contribution in [0.15, 0.2) is 12.1 Å². The lowest BCUT2D eigenvalue weighted by atomic mass is 10.2. The van der Waals surface area contributed by atoms with Gasteiger partial charge in [-0.1, -0.05) is 13.8 Å². The fourth-order valence-corrected chi connectivity index (χ4v) is 2.51. The van der Waals surface area contributed by atoms with Crippen LogP contribution in [-0.2, 0) is 11.2 Å². The third kappa shape index (κ3) is 3.93. The molecule has 86 valence electrons. The van der Waals surface area contributed by atoms with Gasteiger partial charge in [0.15, 0.2) is 0 Å². The minimum absolute atomic E-state index is 0.361. The van der Waals surface area contributed by atoms with Crippen LogP contribution in [0.4, 0.5) is 0 Å². The normalized spacial score (nSPS) is 13.0. The highest BCUT2D eigenvalue weighted by molar-refractivity contribution is 7.12. The minimum atomic E-state index is 0.361. The number of hydrogen-bond acceptors (Lipinski definition) is 3. The van der Waals surface area contributed by atoms with Gasteiger partial charge in [0, 0.05) is 16.9 Å². The Kier molecular flexibility index (Phi) is 5.91. The molecular formula is C12H21NOS. The van der Waals surface area contributed by atoms with E-state index in [0.29, 0.717) is 6.04 Å². The van der Waals surface area contributed by atoms with E-state index in [1.165, 1.54) is 9.75 Å². The maximum Gasteiger partial charge on any atom is 0.0665 e. The first-order chi connectivity index (χ1) is 7.31. The topological polar surface area (TPSA) is 21.3 Å². The average molecular weight is 227 g/mol. The lowest BCUT2D eigenvalue weighted by Gasteiger charge is -2.15. The predicted octanol–water partition coefficient (Wildman–Crippen LogP) is 3.00. The zero-order valence-corrected chi connectivity index (χ0v) is 10.7. The van der Waals surface area contributed by atoms with Gasteiger partial charge in [-0.3, -0.25) is 0 Å². The van der Waals surface area contributed by atoms with Gasteiger partial charge in [0.2, 0.25) is 0 Å². The molecule has 1 heterocycles. The number of rotatable bonds is 7. The first kappa shape index (κ1) is 12.7. The number of ether oxygens (including phenoxy) is 1. The van der Waals surface area contributed by atoms with Crippen molar-refractivity contribution in [3.8, 4) is 0 Å². The van der Waals surface area contributed by atoms with Crippen LogP contribution in [0.2, 0.25) is 0 Å². The molecule has 15 heavy (non-hydrogen) atoms. The van der Waals surface area contributed by atoms with E-state index >= 15 is 0 Å². The molecule has 0 aliphatic rings. The quantitative estimate of drug-likeness (QED) is 0.773. The third-order valence-electron chi connectivity index (χ3n) is 2.35. The Morgan fingerprint density at radius 1 is 1.40 bits per heavy atom. The van der Waals surface area contributed by atoms with Crippen LogP contribution in [0, 0.1) is 0 Å². The molecule has 1 aromatic heterocycles. The SMILES string of the molecule is CCCNC(COC)c1ccc(CC)s1. The lowest BCUT2D eigenvalue weighted by molar-refractivity contribution is 0.168. The molecule has 0 saturated carbocycles. The van der Waals surface area contributed by atoms with Crippen LogP contribution in [0.5, 0.6) is 0 Å². The second-order valence-corrected chi connectivity index (χ2v) is 4.82. The molecule has 0 fully saturated rings. The van der Waals surface area contributed by atoms with E-state index in [4.69, 9.17) is 4.74 Å². The summed E-state index contributed by atoms with van der Waals surface area (Å²) in [5, 5.41) is 3.51. The van der Waals surface area contributed by atoms with Crippen LogP contribution in [0.1, 0.15) is 36.1 Å². The van der Waals surface area contributed by atoms with Crippen molar-refractivity contribution in [2.24, 2.45) is 0 Å². The first-order valence-electron chi connectivity index (χ1n) is 5.62. The fraction of sp³-hybridized carbons (Fsp3) is 0.667. The molecule has 1 unspecified atom stereocenters. The van der Waals surface area contributed by atoms with Gasteiger partial charge in [0.25, 0.3) is 0 Å². The number of methoxy groups -OCH3 is 1. The molecule has 0 aliphatic heterocycles. The summed E-state index contributed by atoms with van der Waals surface area (Å²) in [6.45, 7) is 6.18. The van der Waals surface area contributed by atoms with Crippen molar-refractivity contribution in [1.82, 2.24) is 5.32 Å². The van der Waals surface area contributed by atoms with Crippen LogP contribution in [-0.4, -0.2) is 20.3 Å². The lowest BCUT2D eigenvalue weighted by Crippen LogP contribution is -2.25. The molecule has 0 saturated heterocycles. The summed E-state index contributed by atoms with van der Waals surface area (Å²) in [6.07, 6.45) is 2.28. The van der Waals surface area contributed by atoms with Crippen molar-refractivity contribution in [2.75, 3.05) is 20.3 Å². The predicted molar refractivity (Wildman–Crippen MR) is 66.6 cm³/mol. The molecule has 1 aromatic rings. The summed E-state index contributed by atoms with van der Waals surface area (Å²) in [5.74, 6) is 0. The molecule has 2 nitrogen and oxygen atoms in total. The van der Waals surface area contributed by atoms with Gasteiger partial charge in [-0.2, -0.15) is 0 Å². The Morgan fingerprint density at radius 3 is 2.73 bits per heavy atom. The Bertz CT molecular complexity index is 272. The van der Waals surface area contributed by atoms with Crippen LogP contribution in [0.25, 0.3) is 0 Å². The minimum Gasteiger partial charge on any atom is -0.383 e. The number of thiophene rings is 1. The molecular weight excluding hydrogens is 206 g/mol. The van der Waals surface area contributed by atoms with Crippen LogP contribution >= 0.6 is 11.3 Å². The highest BCUT2D eigenvalue weighted by atomic mass is 32.1. The number of hydrogen-bond donors (Lipinski definition) is 1. The van der Waals surface area contributed by atoms with Gasteiger partial charge in [-0.15, -0.1) is 11.3 Å². The van der Waals surface area contributed by atoms with E-state index in [9.17, 15) is 0 Å². The molecule has 1 rings (SSSR count). The van der Waals surface area contributed by atoms with Crippen LogP contribution < -0.4 is 5.32 Å². The molecule has 0 bridgehead atoms. The van der Waals surface area contributed by atoms with Gasteiger partial charge < -0.3 is 10.1 Å². The fourth-order valence-electron chi connectivity index (χ4n) is 1.50. The molecule has 1 atom stereocenters. The van der Waals surface area contributed by atoms with Crippen molar-refractivity contribution in [2.45, 2.75) is 32.7 Å². The van der Waals surface area contributed by atoms with Gasteiger partial charge in [0.05, 0.1) is 12.6 Å². The summed E-state index contributed by atoms with van der Waals surface area (Å²) in [6, 6.07) is 4.80. The molecule has 0 amide bonds. The summed E-state index contributed by atoms with van der Waals surface area (Å²) in [4.78, 5) is 2.84. The van der Waals surface area contributed by atoms with Gasteiger partial charge in [-0.05, 0) is 31.5 Å². The Hall–Kier alpha value is -0.380. The third-order valence-corrected chi connectivity index (χ3v) is 3.69. The average Bonchev–Trinajstić information content (AvgIpc) is 2.72. The van der Waals surface area contributed by atoms with Gasteiger partial charge >= 0.3 is 0 Å². The van der Waals surface area contributed by atoms with Crippen molar-refractivity contribution in [1.29, 1.82) is 0 Å². The smallest absolute Gasteiger partial charge is 0.0665 e. The number of aryl methyl sites for hydroxylation is 1. The van der Waals surface area contributed by atoms with E-state index in [2.05, 4.69) is 31.3 Å². The first-order valence-corrected chi connectivity index (χ1v) is 6.44. The summed E-state index contributed by atoms with van der Waals surface area (Å²) >= 11 is 1.89. The van der Waals surface area contributed by atoms with E-state index in [1.807, 2.05) is 11.3 Å². The standard InChI is InChI=1S/C12H21NOS/c1-4-8-13-11(9-14-3)12-7-6-10(5-2)15-12/h6-7,11,13H,4-5,8-9H2,1-3H3. The van der Waals surface area contributed by atoms with Crippen molar-refractivity contribution < 1.29 is 4.74 Å². The van der Waals surface area contributed by atoms with Crippen molar-refractivity contribution in [3.05, 3.63) is 21.9 Å². The maximum atomic E-state index is 5.24. The van der Waals surface area contributed by atoms with E-state index in [0.717, 1.165) is 26.0 Å². The highest BCUT2D eigenvalue weighted by Gasteiger charge is 2.12. The van der Waals surface area contributed by atoms with Crippen molar-refractivity contribution in [3.63, 3.8) is 0 Å². The summed E-state index contributed by atoms with van der Waals surface area (Å²) in [5.41, 5.74) is 0. The van der Waals surface area contributed by atoms with Gasteiger partial charge in [-0.25, -0.2) is 0 Å². The molecule has 0 aliphatic carbocycles. The number of nitrogens with one attached hydrogen (secondary N) is 1. The largest absolute Gasteiger partial charge is 0.383 e. The second-order valence-electron chi connectivity index (χ2n) is 3.62. The molecule has 1 N–H and O–H groups in total. The maximum absolute atomic E-state index is 5.24. The molecule has 3 heteroatoms. The van der Waals surface area contributed by atoms with E-state index in [-0.39, 0.29) is 0 Å². The van der Waals surface area contributed by atoms with Crippen molar-refractivity contribution >= 4 is 11.3 Å². The monoisotopic (exact) mass is 227 g/mol. The highest BCUT2D eigenvalue weighted by Crippen LogP contribution is 2.23. The molecule has 0 radical (unpaired) electrons. The Balaban J connectivity index is 2.60. The second kappa shape index (κ2) is 6.99. The zero-order chi connectivity index (χ0) is 11.1. The Morgan fingerprint density at radius 2 is 2.20 bits per heavy atom. The van der Waals surface area contributed by atoms with Gasteiger partial charge in [0.1, 0.15) is 0 Å². The molecule has 0 spiro atoms. The Labute approximate surface area is 96.7 Å². The van der Waals surface area contributed by atoms with E-state index in [1.54, 1.807) is 7.11 Å². The summed E-state index contributed by atoms with van der Waals surface area (Å²) in [7, 11) is 1.76.